The maximum Gasteiger partial charge on any atom is 0.146 e. The van der Waals surface area contributed by atoms with Gasteiger partial charge in [-0.1, -0.05) is 6.08 Å². The number of rotatable bonds is 5. The van der Waals surface area contributed by atoms with Crippen molar-refractivity contribution in [3.63, 3.8) is 0 Å². The summed E-state index contributed by atoms with van der Waals surface area (Å²) in [4.78, 5) is 10.8. The van der Waals surface area contributed by atoms with E-state index >= 15 is 0 Å². The van der Waals surface area contributed by atoms with Crippen LogP contribution in [0.25, 0.3) is 0 Å². The summed E-state index contributed by atoms with van der Waals surface area (Å²) in [5.74, 6) is 0.198. The van der Waals surface area contributed by atoms with E-state index in [9.17, 15) is 4.79 Å². The highest BCUT2D eigenvalue weighted by Crippen LogP contribution is 1.97. The quantitative estimate of drug-likeness (QED) is 0.581. The van der Waals surface area contributed by atoms with Crippen molar-refractivity contribution in [2.45, 2.75) is 25.8 Å². The molecule has 0 saturated heterocycles. The Labute approximate surface area is 62.3 Å². The highest BCUT2D eigenvalue weighted by atomic mass is 16.1. The molecule has 0 aliphatic heterocycles. The van der Waals surface area contributed by atoms with Crippen LogP contribution in [-0.4, -0.2) is 18.9 Å². The fraction of sp³-hybridized carbons (Fsp3) is 0.625. The Bertz CT molecular complexity index is 120. The van der Waals surface area contributed by atoms with E-state index in [0.717, 1.165) is 12.8 Å². The van der Waals surface area contributed by atoms with E-state index in [4.69, 9.17) is 0 Å². The predicted molar refractivity (Wildman–Crippen MR) is 43.0 cm³/mol. The standard InChI is InChI=1S/C8H15NO/c1-4-5-6-8(9-3)7(2)10/h4,8-9H,1,5-6H2,2-3H3/t8-/m0/s1. The molecule has 0 unspecified atom stereocenters. The smallest absolute Gasteiger partial charge is 0.146 e. The summed E-state index contributed by atoms with van der Waals surface area (Å²) in [5, 5.41) is 2.94. The van der Waals surface area contributed by atoms with Gasteiger partial charge in [0.05, 0.1) is 6.04 Å². The molecule has 0 saturated carbocycles. The summed E-state index contributed by atoms with van der Waals surface area (Å²) < 4.78 is 0. The van der Waals surface area contributed by atoms with Crippen LogP contribution in [-0.2, 0) is 4.79 Å². The zero-order valence-corrected chi connectivity index (χ0v) is 6.68. The van der Waals surface area contributed by atoms with Gasteiger partial charge in [0.15, 0.2) is 0 Å². The van der Waals surface area contributed by atoms with Gasteiger partial charge in [0.2, 0.25) is 0 Å². The van der Waals surface area contributed by atoms with Gasteiger partial charge >= 0.3 is 0 Å². The van der Waals surface area contributed by atoms with Gasteiger partial charge in [-0.05, 0) is 26.8 Å². The van der Waals surface area contributed by atoms with Crippen LogP contribution in [0.5, 0.6) is 0 Å². The van der Waals surface area contributed by atoms with Gasteiger partial charge in [0.1, 0.15) is 5.78 Å². The molecule has 0 aromatic rings. The van der Waals surface area contributed by atoms with Gasteiger partial charge in [-0.15, -0.1) is 6.58 Å². The fourth-order valence-corrected chi connectivity index (χ4v) is 0.835. The first-order valence-electron chi connectivity index (χ1n) is 3.51. The minimum Gasteiger partial charge on any atom is -0.311 e. The molecular formula is C8H15NO. The van der Waals surface area contributed by atoms with E-state index in [2.05, 4.69) is 11.9 Å². The summed E-state index contributed by atoms with van der Waals surface area (Å²) in [6.45, 7) is 5.19. The molecule has 1 N–H and O–H groups in total. The number of likely N-dealkylation sites (N-methyl/N-ethyl adjacent to an activating group) is 1. The number of carbonyl (C=O) groups is 1. The van der Waals surface area contributed by atoms with Crippen molar-refractivity contribution in [2.24, 2.45) is 0 Å². The summed E-state index contributed by atoms with van der Waals surface area (Å²) in [7, 11) is 1.80. The third-order valence-electron chi connectivity index (χ3n) is 1.50. The van der Waals surface area contributed by atoms with Gasteiger partial charge in [-0.3, -0.25) is 4.79 Å². The lowest BCUT2D eigenvalue weighted by molar-refractivity contribution is -0.118. The third-order valence-corrected chi connectivity index (χ3v) is 1.50. The maximum absolute atomic E-state index is 10.8. The summed E-state index contributed by atoms with van der Waals surface area (Å²) in [6.07, 6.45) is 3.58. The molecular weight excluding hydrogens is 126 g/mol. The van der Waals surface area contributed by atoms with E-state index in [-0.39, 0.29) is 11.8 Å². The number of hydrogen-bond acceptors (Lipinski definition) is 2. The Kier molecular flexibility index (Phi) is 4.85. The van der Waals surface area contributed by atoms with Crippen LogP contribution < -0.4 is 5.32 Å². The number of hydrogen-bond donors (Lipinski definition) is 1. The molecule has 0 radical (unpaired) electrons. The molecule has 0 spiro atoms. The lowest BCUT2D eigenvalue weighted by atomic mass is 10.1. The molecule has 2 nitrogen and oxygen atoms in total. The van der Waals surface area contributed by atoms with E-state index < -0.39 is 0 Å². The van der Waals surface area contributed by atoms with Crippen molar-refractivity contribution in [1.82, 2.24) is 5.32 Å². The molecule has 2 heteroatoms. The lowest BCUT2D eigenvalue weighted by Crippen LogP contribution is -2.31. The fourth-order valence-electron chi connectivity index (χ4n) is 0.835. The Morgan fingerprint density at radius 3 is 2.70 bits per heavy atom. The van der Waals surface area contributed by atoms with Crippen molar-refractivity contribution in [3.8, 4) is 0 Å². The van der Waals surface area contributed by atoms with Gasteiger partial charge in [-0.25, -0.2) is 0 Å². The van der Waals surface area contributed by atoms with E-state index in [1.165, 1.54) is 0 Å². The third kappa shape index (κ3) is 3.41. The second-order valence-corrected chi connectivity index (χ2v) is 2.32. The first-order chi connectivity index (χ1) is 4.72. The molecule has 0 bridgehead atoms. The van der Waals surface area contributed by atoms with Gasteiger partial charge in [0, 0.05) is 0 Å². The number of allylic oxidation sites excluding steroid dienone is 1. The molecule has 58 valence electrons. The molecule has 0 aliphatic rings. The minimum absolute atomic E-state index is 0.0120. The monoisotopic (exact) mass is 141 g/mol. The second kappa shape index (κ2) is 5.18. The molecule has 1 atom stereocenters. The predicted octanol–water partition coefficient (Wildman–Crippen LogP) is 1.13. The highest BCUT2D eigenvalue weighted by Gasteiger charge is 2.08. The summed E-state index contributed by atoms with van der Waals surface area (Å²) in [5.41, 5.74) is 0. The number of carbonyl (C=O) groups excluding carboxylic acids is 1. The largest absolute Gasteiger partial charge is 0.311 e. The van der Waals surface area contributed by atoms with Crippen LogP contribution in [0.4, 0.5) is 0 Å². The highest BCUT2D eigenvalue weighted by molar-refractivity contribution is 5.81. The zero-order valence-electron chi connectivity index (χ0n) is 6.68. The van der Waals surface area contributed by atoms with Crippen molar-refractivity contribution < 1.29 is 4.79 Å². The molecule has 10 heavy (non-hydrogen) atoms. The average molecular weight is 141 g/mol. The number of nitrogens with one attached hydrogen (secondary N) is 1. The van der Waals surface area contributed by atoms with Crippen LogP contribution in [0.1, 0.15) is 19.8 Å². The topological polar surface area (TPSA) is 29.1 Å². The summed E-state index contributed by atoms with van der Waals surface area (Å²) >= 11 is 0. The molecule has 0 heterocycles. The normalized spacial score (nSPS) is 12.6. The van der Waals surface area contributed by atoms with Gasteiger partial charge in [0.25, 0.3) is 0 Å². The first kappa shape index (κ1) is 9.37. The van der Waals surface area contributed by atoms with Crippen molar-refractivity contribution in [1.29, 1.82) is 0 Å². The SMILES string of the molecule is C=CCC[C@H](NC)C(C)=O. The molecule has 0 aromatic carbocycles. The van der Waals surface area contributed by atoms with Gasteiger partial charge in [-0.2, -0.15) is 0 Å². The number of Topliss-reactive ketones (excluding diaryl/α,β-unsaturated/α-hetero) is 1. The maximum atomic E-state index is 10.8. The van der Waals surface area contributed by atoms with Crippen LogP contribution in [0.15, 0.2) is 12.7 Å². The van der Waals surface area contributed by atoms with E-state index in [1.54, 1.807) is 14.0 Å². The van der Waals surface area contributed by atoms with Crippen molar-refractivity contribution in [2.75, 3.05) is 7.05 Å². The second-order valence-electron chi connectivity index (χ2n) is 2.32. The minimum atomic E-state index is 0.0120. The van der Waals surface area contributed by atoms with Crippen LogP contribution in [0.3, 0.4) is 0 Å². The lowest BCUT2D eigenvalue weighted by Gasteiger charge is -2.09. The Morgan fingerprint density at radius 1 is 1.80 bits per heavy atom. The molecule has 0 aliphatic carbocycles. The van der Waals surface area contributed by atoms with E-state index in [1.807, 2.05) is 6.08 Å². The summed E-state index contributed by atoms with van der Waals surface area (Å²) in [6, 6.07) is 0.0120. The average Bonchev–Trinajstić information content (AvgIpc) is 1.89. The van der Waals surface area contributed by atoms with Crippen LogP contribution in [0, 0.1) is 0 Å². The van der Waals surface area contributed by atoms with Crippen molar-refractivity contribution in [3.05, 3.63) is 12.7 Å². The number of ketones is 1. The Morgan fingerprint density at radius 2 is 2.40 bits per heavy atom. The van der Waals surface area contributed by atoms with Gasteiger partial charge < -0.3 is 5.32 Å². The molecule has 0 fully saturated rings. The van der Waals surface area contributed by atoms with Crippen LogP contribution >= 0.6 is 0 Å². The van der Waals surface area contributed by atoms with Crippen LogP contribution in [0.2, 0.25) is 0 Å². The first-order valence-corrected chi connectivity index (χ1v) is 3.51. The Balaban J connectivity index is 3.60. The van der Waals surface area contributed by atoms with Crippen molar-refractivity contribution >= 4 is 5.78 Å². The van der Waals surface area contributed by atoms with E-state index in [0.29, 0.717) is 0 Å². The molecule has 0 rings (SSSR count). The molecule has 0 aromatic heterocycles. The Hall–Kier alpha value is -0.630. The molecule has 0 amide bonds. The zero-order chi connectivity index (χ0) is 7.98.